The van der Waals surface area contributed by atoms with Crippen LogP contribution in [0.25, 0.3) is 0 Å². The topological polar surface area (TPSA) is 65.5 Å². The van der Waals surface area contributed by atoms with Crippen molar-refractivity contribution in [3.63, 3.8) is 0 Å². The fourth-order valence-corrected chi connectivity index (χ4v) is 4.14. The fraction of sp³-hybridized carbons (Fsp3) is 0.722. The zero-order valence-electron chi connectivity index (χ0n) is 16.1. The van der Waals surface area contributed by atoms with Gasteiger partial charge in [0.05, 0.1) is 0 Å². The summed E-state index contributed by atoms with van der Waals surface area (Å²) in [5, 5.41) is 3.35. The molecule has 2 heterocycles. The normalized spacial score (nSPS) is 18.9. The van der Waals surface area contributed by atoms with Crippen molar-refractivity contribution in [2.75, 3.05) is 38.5 Å². The lowest BCUT2D eigenvalue weighted by Crippen LogP contribution is -2.47. The van der Waals surface area contributed by atoms with Gasteiger partial charge in [0.2, 0.25) is 10.0 Å². The minimum absolute atomic E-state index is 0.268. The third-order valence-electron chi connectivity index (χ3n) is 4.56. The van der Waals surface area contributed by atoms with Gasteiger partial charge in [0, 0.05) is 38.4 Å². The summed E-state index contributed by atoms with van der Waals surface area (Å²) < 4.78 is 26.9. The van der Waals surface area contributed by atoms with Crippen LogP contribution in [0.1, 0.15) is 40.5 Å². The van der Waals surface area contributed by atoms with Crippen LogP contribution in [-0.2, 0) is 10.0 Å². The van der Waals surface area contributed by atoms with Gasteiger partial charge in [-0.2, -0.15) is 4.31 Å². The van der Waals surface area contributed by atoms with Crippen LogP contribution >= 0.6 is 0 Å². The molecule has 6 nitrogen and oxygen atoms in total. The van der Waals surface area contributed by atoms with Crippen LogP contribution < -0.4 is 5.32 Å². The lowest BCUT2D eigenvalue weighted by molar-refractivity contribution is 0.222. The molecule has 1 N–H and O–H groups in total. The average molecular weight is 369 g/mol. The van der Waals surface area contributed by atoms with Crippen molar-refractivity contribution in [3.8, 4) is 0 Å². The number of aromatic nitrogens is 1. The maximum atomic E-state index is 12.7. The Morgan fingerprint density at radius 3 is 2.36 bits per heavy atom. The molecule has 0 saturated carbocycles. The second-order valence-electron chi connectivity index (χ2n) is 8.23. The number of hydrogen-bond donors (Lipinski definition) is 1. The smallest absolute Gasteiger partial charge is 0.244 e. The third kappa shape index (κ3) is 5.94. The molecule has 1 aromatic rings. The number of nitrogens with one attached hydrogen (secondary N) is 1. The van der Waals surface area contributed by atoms with Crippen LogP contribution in [-0.4, -0.2) is 61.9 Å². The SMILES string of the molecule is CC(CCC(C)(C)C)Nc1ccc(S(=O)(=O)N2CCN(C)CC2)cn1. The van der Waals surface area contributed by atoms with E-state index in [4.69, 9.17) is 0 Å². The van der Waals surface area contributed by atoms with Crippen LogP contribution in [0.5, 0.6) is 0 Å². The average Bonchev–Trinajstić information content (AvgIpc) is 2.53. The summed E-state index contributed by atoms with van der Waals surface area (Å²) in [4.78, 5) is 6.72. The van der Waals surface area contributed by atoms with Crippen LogP contribution in [0.15, 0.2) is 23.2 Å². The molecule has 1 saturated heterocycles. The van der Waals surface area contributed by atoms with Gasteiger partial charge in [0.1, 0.15) is 10.7 Å². The Morgan fingerprint density at radius 2 is 1.84 bits per heavy atom. The van der Waals surface area contributed by atoms with Crippen LogP contribution in [0.4, 0.5) is 5.82 Å². The first-order valence-corrected chi connectivity index (χ1v) is 10.4. The first-order chi connectivity index (χ1) is 11.6. The molecular formula is C18H32N4O2S. The minimum Gasteiger partial charge on any atom is -0.368 e. The van der Waals surface area contributed by atoms with E-state index in [2.05, 4.69) is 42.9 Å². The first kappa shape index (κ1) is 20.1. The van der Waals surface area contributed by atoms with Gasteiger partial charge in [-0.05, 0) is 44.4 Å². The zero-order valence-corrected chi connectivity index (χ0v) is 16.9. The molecule has 7 heteroatoms. The van der Waals surface area contributed by atoms with E-state index >= 15 is 0 Å². The number of piperazine rings is 1. The Labute approximate surface area is 152 Å². The molecule has 0 amide bonds. The third-order valence-corrected chi connectivity index (χ3v) is 6.44. The zero-order chi connectivity index (χ0) is 18.7. The van der Waals surface area contributed by atoms with Crippen molar-refractivity contribution >= 4 is 15.8 Å². The summed E-state index contributed by atoms with van der Waals surface area (Å²) >= 11 is 0. The Hall–Kier alpha value is -1.18. The molecule has 1 fully saturated rings. The van der Waals surface area contributed by atoms with Gasteiger partial charge in [-0.15, -0.1) is 0 Å². The molecule has 1 aliphatic rings. The maximum absolute atomic E-state index is 12.7. The lowest BCUT2D eigenvalue weighted by atomic mass is 9.89. The molecular weight excluding hydrogens is 336 g/mol. The summed E-state index contributed by atoms with van der Waals surface area (Å²) in [6.07, 6.45) is 3.63. The van der Waals surface area contributed by atoms with Crippen molar-refractivity contribution in [2.24, 2.45) is 5.41 Å². The molecule has 1 atom stereocenters. The highest BCUT2D eigenvalue weighted by Crippen LogP contribution is 2.23. The molecule has 1 aliphatic heterocycles. The molecule has 1 aromatic heterocycles. The highest BCUT2D eigenvalue weighted by atomic mass is 32.2. The van der Waals surface area contributed by atoms with Crippen LogP contribution in [0, 0.1) is 5.41 Å². The second-order valence-corrected chi connectivity index (χ2v) is 10.2. The predicted octanol–water partition coefficient (Wildman–Crippen LogP) is 2.64. The van der Waals surface area contributed by atoms with Crippen molar-refractivity contribution < 1.29 is 8.42 Å². The van der Waals surface area contributed by atoms with E-state index in [9.17, 15) is 8.42 Å². The number of anilines is 1. The van der Waals surface area contributed by atoms with Crippen molar-refractivity contribution in [2.45, 2.75) is 51.5 Å². The van der Waals surface area contributed by atoms with E-state index in [1.54, 1.807) is 16.4 Å². The molecule has 0 aliphatic carbocycles. The molecule has 142 valence electrons. The van der Waals surface area contributed by atoms with E-state index < -0.39 is 10.0 Å². The molecule has 0 bridgehead atoms. The number of pyridine rings is 1. The minimum atomic E-state index is -3.44. The van der Waals surface area contributed by atoms with Crippen molar-refractivity contribution in [1.29, 1.82) is 0 Å². The van der Waals surface area contributed by atoms with Gasteiger partial charge in [0.15, 0.2) is 0 Å². The van der Waals surface area contributed by atoms with E-state index in [1.165, 1.54) is 6.20 Å². The number of nitrogens with zero attached hydrogens (tertiary/aromatic N) is 3. The quantitative estimate of drug-likeness (QED) is 0.836. The molecule has 1 unspecified atom stereocenters. The number of rotatable bonds is 6. The van der Waals surface area contributed by atoms with E-state index in [-0.39, 0.29) is 4.90 Å². The highest BCUT2D eigenvalue weighted by Gasteiger charge is 2.27. The standard InChI is InChI=1S/C18H32N4O2S/c1-15(8-9-18(2,3)4)20-17-7-6-16(14-19-17)25(23,24)22-12-10-21(5)11-13-22/h6-7,14-15H,8-13H2,1-5H3,(H,19,20). The van der Waals surface area contributed by atoms with Gasteiger partial charge < -0.3 is 10.2 Å². The summed E-state index contributed by atoms with van der Waals surface area (Å²) in [7, 11) is -1.44. The number of hydrogen-bond acceptors (Lipinski definition) is 5. The Kier molecular flexibility index (Phi) is 6.45. The lowest BCUT2D eigenvalue weighted by Gasteiger charge is -2.31. The van der Waals surface area contributed by atoms with Gasteiger partial charge in [-0.3, -0.25) is 0 Å². The predicted molar refractivity (Wildman–Crippen MR) is 102 cm³/mol. The Bertz CT molecular complexity index is 645. The Balaban J connectivity index is 1.97. The molecule has 0 radical (unpaired) electrons. The number of likely N-dealkylation sites (N-methyl/N-ethyl adjacent to an activating group) is 1. The Morgan fingerprint density at radius 1 is 1.20 bits per heavy atom. The number of sulfonamides is 1. The van der Waals surface area contributed by atoms with E-state index in [0.717, 1.165) is 31.7 Å². The summed E-state index contributed by atoms with van der Waals surface area (Å²) in [5.74, 6) is 0.721. The van der Waals surface area contributed by atoms with E-state index in [1.807, 2.05) is 7.05 Å². The molecule has 0 spiro atoms. The van der Waals surface area contributed by atoms with Crippen molar-refractivity contribution in [1.82, 2.24) is 14.2 Å². The van der Waals surface area contributed by atoms with Crippen LogP contribution in [0.3, 0.4) is 0 Å². The highest BCUT2D eigenvalue weighted by molar-refractivity contribution is 7.89. The summed E-state index contributed by atoms with van der Waals surface area (Å²) in [6.45, 7) is 11.4. The van der Waals surface area contributed by atoms with Gasteiger partial charge in [-0.25, -0.2) is 13.4 Å². The molecule has 25 heavy (non-hydrogen) atoms. The monoisotopic (exact) mass is 368 g/mol. The first-order valence-electron chi connectivity index (χ1n) is 8.99. The maximum Gasteiger partial charge on any atom is 0.244 e. The van der Waals surface area contributed by atoms with Gasteiger partial charge in [0.25, 0.3) is 0 Å². The summed E-state index contributed by atoms with van der Waals surface area (Å²) in [5.41, 5.74) is 0.309. The largest absolute Gasteiger partial charge is 0.368 e. The summed E-state index contributed by atoms with van der Waals surface area (Å²) in [6, 6.07) is 3.71. The molecule has 2 rings (SSSR count). The van der Waals surface area contributed by atoms with Crippen LogP contribution in [0.2, 0.25) is 0 Å². The fourth-order valence-electron chi connectivity index (χ4n) is 2.77. The van der Waals surface area contributed by atoms with E-state index in [0.29, 0.717) is 24.5 Å². The second kappa shape index (κ2) is 8.01. The molecule has 0 aromatic carbocycles. The van der Waals surface area contributed by atoms with Crippen molar-refractivity contribution in [3.05, 3.63) is 18.3 Å². The van der Waals surface area contributed by atoms with Gasteiger partial charge >= 0.3 is 0 Å². The van der Waals surface area contributed by atoms with Gasteiger partial charge in [-0.1, -0.05) is 20.8 Å².